The van der Waals surface area contributed by atoms with Crippen LogP contribution in [0.5, 0.6) is 0 Å². The number of rotatable bonds is 5. The zero-order valence-electron chi connectivity index (χ0n) is 11.5. The Bertz CT molecular complexity index is 631. The molecule has 3 nitrogen and oxygen atoms in total. The molecule has 2 aromatic rings. The number of nitrogens with one attached hydrogen (secondary N) is 1. The van der Waals surface area contributed by atoms with Crippen molar-refractivity contribution in [3.05, 3.63) is 65.2 Å². The number of carbonyl (C=O) groups excluding carboxylic acids is 1. The maximum Gasteiger partial charge on any atom is 0.253 e. The molecule has 1 N–H and O–H groups in total. The molecule has 0 bridgehead atoms. The van der Waals surface area contributed by atoms with Gasteiger partial charge in [-0.25, -0.2) is 5.43 Å². The van der Waals surface area contributed by atoms with Crippen LogP contribution in [0, 0.1) is 0 Å². The molecule has 0 saturated heterocycles. The van der Waals surface area contributed by atoms with Gasteiger partial charge in [0.25, 0.3) is 5.91 Å². The molecule has 0 unspecified atom stereocenters. The number of thioether (sulfide) groups is 1. The molecular formula is C16H15ClN2OS. The highest BCUT2D eigenvalue weighted by atomic mass is 35.5. The molecule has 0 fully saturated rings. The minimum atomic E-state index is -0.219. The number of hydrazone groups is 1. The summed E-state index contributed by atoms with van der Waals surface area (Å²) in [4.78, 5) is 13.0. The maximum absolute atomic E-state index is 11.9. The van der Waals surface area contributed by atoms with Crippen molar-refractivity contribution in [3.8, 4) is 0 Å². The molecule has 2 rings (SSSR count). The molecule has 0 spiro atoms. The molecule has 1 atom stereocenters. The van der Waals surface area contributed by atoms with E-state index in [9.17, 15) is 4.79 Å². The number of hydrogen-bond donors (Lipinski definition) is 1. The number of halogens is 1. The van der Waals surface area contributed by atoms with Gasteiger partial charge in [0.05, 0.1) is 11.5 Å². The fraction of sp³-hybridized carbons (Fsp3) is 0.125. The second-order valence-corrected chi connectivity index (χ2v) is 6.21. The van der Waals surface area contributed by atoms with Crippen LogP contribution >= 0.6 is 23.4 Å². The van der Waals surface area contributed by atoms with E-state index in [-0.39, 0.29) is 11.2 Å². The average molecular weight is 319 g/mol. The summed E-state index contributed by atoms with van der Waals surface area (Å²) in [5.41, 5.74) is 3.38. The van der Waals surface area contributed by atoms with Crippen molar-refractivity contribution >= 4 is 35.5 Å². The van der Waals surface area contributed by atoms with Crippen molar-refractivity contribution in [2.24, 2.45) is 5.10 Å². The van der Waals surface area contributed by atoms with Crippen LogP contribution in [-0.2, 0) is 4.79 Å². The lowest BCUT2D eigenvalue weighted by Crippen LogP contribution is -2.26. The first-order valence-corrected chi connectivity index (χ1v) is 7.71. The summed E-state index contributed by atoms with van der Waals surface area (Å²) >= 11 is 7.37. The number of hydrogen-bond acceptors (Lipinski definition) is 3. The summed E-state index contributed by atoms with van der Waals surface area (Å²) in [6, 6.07) is 17.1. The maximum atomic E-state index is 11.9. The molecule has 0 aliphatic heterocycles. The van der Waals surface area contributed by atoms with Crippen molar-refractivity contribution in [3.63, 3.8) is 0 Å². The van der Waals surface area contributed by atoms with Crippen molar-refractivity contribution in [2.45, 2.75) is 17.1 Å². The molecule has 0 aliphatic carbocycles. The van der Waals surface area contributed by atoms with E-state index in [0.29, 0.717) is 5.02 Å². The Hall–Kier alpha value is -1.78. The van der Waals surface area contributed by atoms with Gasteiger partial charge in [0.2, 0.25) is 0 Å². The van der Waals surface area contributed by atoms with Crippen molar-refractivity contribution in [2.75, 3.05) is 0 Å². The van der Waals surface area contributed by atoms with Gasteiger partial charge in [-0.1, -0.05) is 41.9 Å². The predicted molar refractivity (Wildman–Crippen MR) is 88.9 cm³/mol. The normalized spacial score (nSPS) is 12.3. The third kappa shape index (κ3) is 5.25. The van der Waals surface area contributed by atoms with Gasteiger partial charge in [0.1, 0.15) is 0 Å². The van der Waals surface area contributed by atoms with Gasteiger partial charge in [-0.15, -0.1) is 11.8 Å². The second kappa shape index (κ2) is 7.86. The fourth-order valence-corrected chi connectivity index (χ4v) is 2.69. The number of amides is 1. The van der Waals surface area contributed by atoms with E-state index in [1.54, 1.807) is 18.3 Å². The van der Waals surface area contributed by atoms with Gasteiger partial charge in [-0.05, 0) is 36.8 Å². The van der Waals surface area contributed by atoms with Gasteiger partial charge < -0.3 is 0 Å². The first kappa shape index (κ1) is 15.6. The van der Waals surface area contributed by atoms with Crippen LogP contribution in [-0.4, -0.2) is 17.4 Å². The molecule has 2 aromatic carbocycles. The Morgan fingerprint density at radius 2 is 2.00 bits per heavy atom. The summed E-state index contributed by atoms with van der Waals surface area (Å²) in [6.45, 7) is 1.85. The zero-order valence-corrected chi connectivity index (χ0v) is 13.1. The van der Waals surface area contributed by atoms with Crippen LogP contribution in [0.15, 0.2) is 64.6 Å². The lowest BCUT2D eigenvalue weighted by Gasteiger charge is -2.08. The smallest absolute Gasteiger partial charge is 0.253 e. The van der Waals surface area contributed by atoms with E-state index >= 15 is 0 Å². The molecule has 1 amide bonds. The number of carbonyl (C=O) groups is 1. The minimum absolute atomic E-state index is 0.137. The summed E-state index contributed by atoms with van der Waals surface area (Å²) in [5.74, 6) is -0.137. The van der Waals surface area contributed by atoms with Crippen LogP contribution in [0.1, 0.15) is 12.5 Å². The largest absolute Gasteiger partial charge is 0.272 e. The standard InChI is InChI=1S/C16H15ClN2OS/c1-12(21-15-8-3-2-4-9-15)16(20)19-18-11-13-6-5-7-14(17)10-13/h2-12H,1H3,(H,19,20)/b18-11-/t12-/m1/s1. The van der Waals surface area contributed by atoms with Crippen LogP contribution < -0.4 is 5.43 Å². The third-order valence-corrected chi connectivity index (χ3v) is 4.01. The van der Waals surface area contributed by atoms with Gasteiger partial charge >= 0.3 is 0 Å². The molecule has 5 heteroatoms. The van der Waals surface area contributed by atoms with Crippen molar-refractivity contribution in [1.29, 1.82) is 0 Å². The topological polar surface area (TPSA) is 41.5 Å². The van der Waals surface area contributed by atoms with Crippen LogP contribution in [0.2, 0.25) is 5.02 Å². The Labute approximate surface area is 133 Å². The molecule has 0 aromatic heterocycles. The van der Waals surface area contributed by atoms with E-state index in [4.69, 9.17) is 11.6 Å². The van der Waals surface area contributed by atoms with Crippen LogP contribution in [0.4, 0.5) is 0 Å². The summed E-state index contributed by atoms with van der Waals surface area (Å²) in [5, 5.41) is 4.37. The molecular weight excluding hydrogens is 304 g/mol. The van der Waals surface area contributed by atoms with Gasteiger partial charge in [0.15, 0.2) is 0 Å². The van der Waals surface area contributed by atoms with Crippen LogP contribution in [0.25, 0.3) is 0 Å². The Morgan fingerprint density at radius 1 is 1.24 bits per heavy atom. The average Bonchev–Trinajstić information content (AvgIpc) is 2.48. The highest BCUT2D eigenvalue weighted by molar-refractivity contribution is 8.00. The monoisotopic (exact) mass is 318 g/mol. The molecule has 0 saturated carbocycles. The Balaban J connectivity index is 1.86. The third-order valence-electron chi connectivity index (χ3n) is 2.66. The lowest BCUT2D eigenvalue weighted by molar-refractivity contribution is -0.120. The number of benzene rings is 2. The van der Waals surface area contributed by atoms with Crippen molar-refractivity contribution in [1.82, 2.24) is 5.43 Å². The lowest BCUT2D eigenvalue weighted by atomic mass is 10.2. The Kier molecular flexibility index (Phi) is 5.84. The molecule has 0 heterocycles. The first-order valence-electron chi connectivity index (χ1n) is 6.45. The minimum Gasteiger partial charge on any atom is -0.272 e. The quantitative estimate of drug-likeness (QED) is 0.515. The first-order chi connectivity index (χ1) is 10.1. The van der Waals surface area contributed by atoms with Crippen LogP contribution in [0.3, 0.4) is 0 Å². The molecule has 108 valence electrons. The van der Waals surface area contributed by atoms with E-state index in [2.05, 4.69) is 10.5 Å². The predicted octanol–water partition coefficient (Wildman–Crippen LogP) is 3.97. The summed E-state index contributed by atoms with van der Waals surface area (Å²) in [6.07, 6.45) is 1.57. The molecule has 0 aliphatic rings. The van der Waals surface area contributed by atoms with Crippen molar-refractivity contribution < 1.29 is 4.79 Å². The Morgan fingerprint density at radius 3 is 2.71 bits per heavy atom. The molecule has 21 heavy (non-hydrogen) atoms. The van der Waals surface area contributed by atoms with E-state index in [1.807, 2.05) is 49.4 Å². The van der Waals surface area contributed by atoms with E-state index in [1.165, 1.54) is 11.8 Å². The van der Waals surface area contributed by atoms with Gasteiger partial charge in [-0.2, -0.15) is 5.10 Å². The zero-order chi connectivity index (χ0) is 15.1. The number of nitrogens with zero attached hydrogens (tertiary/aromatic N) is 1. The van der Waals surface area contributed by atoms with Gasteiger partial charge in [-0.3, -0.25) is 4.79 Å². The highest BCUT2D eigenvalue weighted by Gasteiger charge is 2.13. The second-order valence-electron chi connectivity index (χ2n) is 4.36. The fourth-order valence-electron chi connectivity index (χ4n) is 1.60. The highest BCUT2D eigenvalue weighted by Crippen LogP contribution is 2.22. The molecule has 0 radical (unpaired) electrons. The summed E-state index contributed by atoms with van der Waals surface area (Å²) in [7, 11) is 0. The van der Waals surface area contributed by atoms with Gasteiger partial charge in [0, 0.05) is 9.92 Å². The van der Waals surface area contributed by atoms with E-state index < -0.39 is 0 Å². The van der Waals surface area contributed by atoms with E-state index in [0.717, 1.165) is 10.5 Å². The summed E-state index contributed by atoms with van der Waals surface area (Å²) < 4.78 is 0. The SMILES string of the molecule is C[C@@H](Sc1ccccc1)C(=O)N/N=C\c1cccc(Cl)c1.